The number of nitrogens with zero attached hydrogens (tertiary/aromatic N) is 2. The summed E-state index contributed by atoms with van der Waals surface area (Å²) in [6.07, 6.45) is 2.65. The van der Waals surface area contributed by atoms with Crippen LogP contribution in [-0.4, -0.2) is 55.7 Å². The van der Waals surface area contributed by atoms with E-state index < -0.39 is 0 Å². The summed E-state index contributed by atoms with van der Waals surface area (Å²) < 4.78 is 5.42. The average molecular weight is 309 g/mol. The number of benzene rings is 1. The van der Waals surface area contributed by atoms with Crippen molar-refractivity contribution in [1.29, 1.82) is 0 Å². The van der Waals surface area contributed by atoms with Gasteiger partial charge in [0.2, 0.25) is 0 Å². The van der Waals surface area contributed by atoms with Crippen molar-refractivity contribution in [2.24, 2.45) is 5.92 Å². The highest BCUT2D eigenvalue weighted by Gasteiger charge is 2.22. The minimum absolute atomic E-state index is 0.822. The fraction of sp³-hybridized carbons (Fsp3) is 0.647. The van der Waals surface area contributed by atoms with Crippen molar-refractivity contribution in [2.45, 2.75) is 19.4 Å². The quantitative estimate of drug-likeness (QED) is 0.850. The molecule has 0 aromatic heterocycles. The third kappa shape index (κ3) is 4.68. The van der Waals surface area contributed by atoms with Gasteiger partial charge in [-0.25, -0.2) is 0 Å². The number of likely N-dealkylation sites (tertiary alicyclic amines) is 1. The molecule has 0 saturated carbocycles. The molecule has 0 bridgehead atoms. The first-order valence-corrected chi connectivity index (χ1v) is 8.44. The lowest BCUT2D eigenvalue weighted by Gasteiger charge is -2.36. The third-order valence-electron chi connectivity index (χ3n) is 4.65. The fourth-order valence-electron chi connectivity index (χ4n) is 3.32. The molecule has 0 unspecified atom stereocenters. The minimum Gasteiger partial charge on any atom is -0.379 e. The summed E-state index contributed by atoms with van der Waals surface area (Å²) in [6, 6.07) is 8.26. The molecule has 1 aromatic rings. The summed E-state index contributed by atoms with van der Waals surface area (Å²) >= 11 is 5.94. The van der Waals surface area contributed by atoms with Crippen LogP contribution in [0, 0.1) is 5.92 Å². The minimum atomic E-state index is 0.822. The Kier molecular flexibility index (Phi) is 5.53. The Hall–Kier alpha value is -0.610. The standard InChI is InChI=1S/C17H25ClN2O/c18-17-3-1-15(2-4-17)13-19-7-5-16(6-8-19)14-20-9-11-21-12-10-20/h1-4,16H,5-14H2. The zero-order valence-electron chi connectivity index (χ0n) is 12.6. The van der Waals surface area contributed by atoms with E-state index >= 15 is 0 Å². The molecule has 0 N–H and O–H groups in total. The molecule has 4 heteroatoms. The number of piperidine rings is 1. The molecule has 3 nitrogen and oxygen atoms in total. The van der Waals surface area contributed by atoms with Crippen molar-refractivity contribution in [1.82, 2.24) is 9.80 Å². The van der Waals surface area contributed by atoms with Crippen LogP contribution in [0.15, 0.2) is 24.3 Å². The predicted molar refractivity (Wildman–Crippen MR) is 86.7 cm³/mol. The van der Waals surface area contributed by atoms with Gasteiger partial charge in [-0.05, 0) is 49.5 Å². The first-order valence-electron chi connectivity index (χ1n) is 8.06. The van der Waals surface area contributed by atoms with Gasteiger partial charge in [-0.1, -0.05) is 23.7 Å². The Morgan fingerprint density at radius 2 is 1.62 bits per heavy atom. The zero-order valence-corrected chi connectivity index (χ0v) is 13.4. The first-order chi connectivity index (χ1) is 10.3. The van der Waals surface area contributed by atoms with Crippen LogP contribution in [0.2, 0.25) is 5.02 Å². The molecule has 21 heavy (non-hydrogen) atoms. The van der Waals surface area contributed by atoms with Crippen molar-refractivity contribution < 1.29 is 4.74 Å². The highest BCUT2D eigenvalue weighted by atomic mass is 35.5. The molecule has 2 aliphatic rings. The topological polar surface area (TPSA) is 15.7 Å². The van der Waals surface area contributed by atoms with Gasteiger partial charge in [0.1, 0.15) is 0 Å². The summed E-state index contributed by atoms with van der Waals surface area (Å²) in [5.41, 5.74) is 1.37. The Labute approximate surface area is 132 Å². The molecule has 2 fully saturated rings. The van der Waals surface area contributed by atoms with Crippen LogP contribution in [0.5, 0.6) is 0 Å². The van der Waals surface area contributed by atoms with Gasteiger partial charge in [0, 0.05) is 31.2 Å². The lowest BCUT2D eigenvalue weighted by Crippen LogP contribution is -2.42. The maximum absolute atomic E-state index is 5.94. The highest BCUT2D eigenvalue weighted by Crippen LogP contribution is 2.21. The van der Waals surface area contributed by atoms with E-state index in [1.165, 1.54) is 38.0 Å². The number of rotatable bonds is 4. The summed E-state index contributed by atoms with van der Waals surface area (Å²) in [5, 5.41) is 0.822. The molecule has 2 heterocycles. The van der Waals surface area contributed by atoms with Crippen LogP contribution in [-0.2, 0) is 11.3 Å². The van der Waals surface area contributed by atoms with Gasteiger partial charge in [0.25, 0.3) is 0 Å². The molecule has 0 radical (unpaired) electrons. The largest absolute Gasteiger partial charge is 0.379 e. The Bertz CT molecular complexity index is 423. The van der Waals surface area contributed by atoms with Crippen molar-refractivity contribution in [3.8, 4) is 0 Å². The number of hydrogen-bond donors (Lipinski definition) is 0. The molecule has 0 atom stereocenters. The van der Waals surface area contributed by atoms with E-state index in [2.05, 4.69) is 21.9 Å². The normalized spacial score (nSPS) is 22.5. The highest BCUT2D eigenvalue weighted by molar-refractivity contribution is 6.30. The Balaban J connectivity index is 1.41. The van der Waals surface area contributed by atoms with Crippen LogP contribution in [0.4, 0.5) is 0 Å². The SMILES string of the molecule is Clc1ccc(CN2CCC(CN3CCOCC3)CC2)cc1. The van der Waals surface area contributed by atoms with Crippen molar-refractivity contribution in [3.63, 3.8) is 0 Å². The molecule has 0 aliphatic carbocycles. The van der Waals surface area contributed by atoms with Gasteiger partial charge >= 0.3 is 0 Å². The second kappa shape index (κ2) is 7.59. The molecule has 1 aromatic carbocycles. The molecular weight excluding hydrogens is 284 g/mol. The molecule has 116 valence electrons. The Morgan fingerprint density at radius 1 is 0.952 bits per heavy atom. The van der Waals surface area contributed by atoms with Crippen LogP contribution in [0.3, 0.4) is 0 Å². The van der Waals surface area contributed by atoms with E-state index in [1.807, 2.05) is 12.1 Å². The molecule has 3 rings (SSSR count). The Morgan fingerprint density at radius 3 is 2.29 bits per heavy atom. The lowest BCUT2D eigenvalue weighted by molar-refractivity contribution is 0.0242. The van der Waals surface area contributed by atoms with Crippen LogP contribution in [0.25, 0.3) is 0 Å². The smallest absolute Gasteiger partial charge is 0.0594 e. The van der Waals surface area contributed by atoms with Gasteiger partial charge in [0.15, 0.2) is 0 Å². The number of halogens is 1. The molecule has 2 saturated heterocycles. The summed E-state index contributed by atoms with van der Waals surface area (Å²) in [5.74, 6) is 0.865. The second-order valence-corrected chi connectivity index (χ2v) is 6.70. The van der Waals surface area contributed by atoms with Gasteiger partial charge in [-0.3, -0.25) is 9.80 Å². The van der Waals surface area contributed by atoms with Crippen LogP contribution < -0.4 is 0 Å². The number of ether oxygens (including phenoxy) is 1. The average Bonchev–Trinajstić information content (AvgIpc) is 2.53. The number of hydrogen-bond acceptors (Lipinski definition) is 3. The van der Waals surface area contributed by atoms with Gasteiger partial charge in [-0.2, -0.15) is 0 Å². The molecular formula is C17H25ClN2O. The maximum atomic E-state index is 5.94. The van der Waals surface area contributed by atoms with Crippen LogP contribution >= 0.6 is 11.6 Å². The van der Waals surface area contributed by atoms with Gasteiger partial charge < -0.3 is 4.74 Å². The van der Waals surface area contributed by atoms with E-state index in [-0.39, 0.29) is 0 Å². The van der Waals surface area contributed by atoms with Gasteiger partial charge in [0.05, 0.1) is 13.2 Å². The summed E-state index contributed by atoms with van der Waals surface area (Å²) in [6.45, 7) is 8.82. The van der Waals surface area contributed by atoms with Crippen molar-refractivity contribution >= 4 is 11.6 Å². The maximum Gasteiger partial charge on any atom is 0.0594 e. The fourth-order valence-corrected chi connectivity index (χ4v) is 3.45. The first kappa shape index (κ1) is 15.3. The van der Waals surface area contributed by atoms with E-state index in [4.69, 9.17) is 16.3 Å². The third-order valence-corrected chi connectivity index (χ3v) is 4.90. The molecule has 0 spiro atoms. The van der Waals surface area contributed by atoms with Crippen molar-refractivity contribution in [2.75, 3.05) is 45.9 Å². The predicted octanol–water partition coefficient (Wildman–Crippen LogP) is 2.88. The van der Waals surface area contributed by atoms with Crippen molar-refractivity contribution in [3.05, 3.63) is 34.9 Å². The monoisotopic (exact) mass is 308 g/mol. The second-order valence-electron chi connectivity index (χ2n) is 6.26. The summed E-state index contributed by atoms with van der Waals surface area (Å²) in [4.78, 5) is 5.14. The number of morpholine rings is 1. The summed E-state index contributed by atoms with van der Waals surface area (Å²) in [7, 11) is 0. The van der Waals surface area contributed by atoms with Crippen LogP contribution in [0.1, 0.15) is 18.4 Å². The van der Waals surface area contributed by atoms with E-state index in [0.29, 0.717) is 0 Å². The lowest BCUT2D eigenvalue weighted by atomic mass is 9.95. The zero-order chi connectivity index (χ0) is 14.5. The van der Waals surface area contributed by atoms with E-state index in [9.17, 15) is 0 Å². The van der Waals surface area contributed by atoms with E-state index in [1.54, 1.807) is 0 Å². The van der Waals surface area contributed by atoms with Gasteiger partial charge in [-0.15, -0.1) is 0 Å². The molecule has 0 amide bonds. The molecule has 2 aliphatic heterocycles. The van der Waals surface area contributed by atoms with E-state index in [0.717, 1.165) is 43.8 Å².